The normalized spacial score (nSPS) is 16.2. The van der Waals surface area contributed by atoms with Gasteiger partial charge in [-0.25, -0.2) is 0 Å². The van der Waals surface area contributed by atoms with Crippen LogP contribution >= 0.6 is 12.2 Å². The number of thiocarbonyl (C=S) groups is 1. The summed E-state index contributed by atoms with van der Waals surface area (Å²) in [5.74, 6) is 0.538. The zero-order valence-electron chi connectivity index (χ0n) is 11.3. The molecular formula is C15H20N2OS. The molecule has 1 heterocycles. The van der Waals surface area contributed by atoms with E-state index >= 15 is 0 Å². The number of Topliss-reactive ketones (excluding diaryl/α,β-unsaturated/α-hetero) is 1. The van der Waals surface area contributed by atoms with E-state index in [1.54, 1.807) is 6.92 Å². The second-order valence-electron chi connectivity index (χ2n) is 5.02. The molecule has 4 heteroatoms. The first kappa shape index (κ1) is 14.0. The van der Waals surface area contributed by atoms with Crippen LogP contribution in [-0.4, -0.2) is 28.9 Å². The van der Waals surface area contributed by atoms with E-state index in [0.717, 1.165) is 37.6 Å². The third-order valence-corrected chi connectivity index (χ3v) is 4.05. The molecule has 0 spiro atoms. The minimum Gasteiger partial charge on any atom is -0.358 e. The lowest BCUT2D eigenvalue weighted by Gasteiger charge is -2.32. The minimum atomic E-state index is 0.230. The average molecular weight is 276 g/mol. The second kappa shape index (κ2) is 6.66. The van der Waals surface area contributed by atoms with Crippen LogP contribution in [0.25, 0.3) is 0 Å². The number of carbonyl (C=O) groups is 1. The molecule has 0 aliphatic carbocycles. The van der Waals surface area contributed by atoms with Crippen LogP contribution in [0.4, 0.5) is 0 Å². The molecule has 0 aromatic heterocycles. The van der Waals surface area contributed by atoms with E-state index in [1.165, 1.54) is 5.56 Å². The zero-order chi connectivity index (χ0) is 13.7. The SMILES string of the molecule is CC(=O)C1CCN(C(=S)NCc2ccccc2)CC1. The van der Waals surface area contributed by atoms with E-state index in [2.05, 4.69) is 22.3 Å². The van der Waals surface area contributed by atoms with E-state index in [-0.39, 0.29) is 5.92 Å². The Kier molecular flexibility index (Phi) is 4.91. The molecule has 0 saturated carbocycles. The summed E-state index contributed by atoms with van der Waals surface area (Å²) < 4.78 is 0. The Morgan fingerprint density at radius 3 is 2.53 bits per heavy atom. The van der Waals surface area contributed by atoms with Crippen LogP contribution in [0.15, 0.2) is 30.3 Å². The van der Waals surface area contributed by atoms with Crippen molar-refractivity contribution in [3.8, 4) is 0 Å². The molecule has 1 aromatic carbocycles. The van der Waals surface area contributed by atoms with Crippen LogP contribution in [0, 0.1) is 5.92 Å². The van der Waals surface area contributed by atoms with Crippen LogP contribution < -0.4 is 5.32 Å². The van der Waals surface area contributed by atoms with Crippen molar-refractivity contribution in [2.75, 3.05) is 13.1 Å². The lowest BCUT2D eigenvalue weighted by Crippen LogP contribution is -2.44. The first-order chi connectivity index (χ1) is 9.16. The Bertz CT molecular complexity index is 439. The number of likely N-dealkylation sites (tertiary alicyclic amines) is 1. The fourth-order valence-corrected chi connectivity index (χ4v) is 2.63. The molecule has 1 N–H and O–H groups in total. The number of hydrogen-bond donors (Lipinski definition) is 1. The molecule has 1 saturated heterocycles. The Labute approximate surface area is 120 Å². The number of rotatable bonds is 3. The summed E-state index contributed by atoms with van der Waals surface area (Å²) in [5.41, 5.74) is 1.23. The molecule has 0 unspecified atom stereocenters. The number of hydrogen-bond acceptors (Lipinski definition) is 2. The predicted octanol–water partition coefficient (Wildman–Crippen LogP) is 2.36. The predicted molar refractivity (Wildman–Crippen MR) is 80.9 cm³/mol. The molecule has 1 fully saturated rings. The lowest BCUT2D eigenvalue weighted by molar-refractivity contribution is -0.121. The van der Waals surface area contributed by atoms with Gasteiger partial charge in [0.1, 0.15) is 5.78 Å². The van der Waals surface area contributed by atoms with E-state index in [4.69, 9.17) is 12.2 Å². The quantitative estimate of drug-likeness (QED) is 0.859. The third kappa shape index (κ3) is 4.03. The third-order valence-electron chi connectivity index (χ3n) is 3.64. The maximum atomic E-state index is 11.3. The van der Waals surface area contributed by atoms with Gasteiger partial charge < -0.3 is 10.2 Å². The molecule has 1 aliphatic heterocycles. The Balaban J connectivity index is 1.77. The number of nitrogens with zero attached hydrogens (tertiary/aromatic N) is 1. The molecule has 19 heavy (non-hydrogen) atoms. The summed E-state index contributed by atoms with van der Waals surface area (Å²) in [6.07, 6.45) is 1.84. The van der Waals surface area contributed by atoms with E-state index in [1.807, 2.05) is 18.2 Å². The van der Waals surface area contributed by atoms with Crippen molar-refractivity contribution >= 4 is 23.1 Å². The lowest BCUT2D eigenvalue weighted by atomic mass is 9.94. The maximum Gasteiger partial charge on any atom is 0.169 e. The molecular weight excluding hydrogens is 256 g/mol. The number of carbonyl (C=O) groups excluding carboxylic acids is 1. The van der Waals surface area contributed by atoms with Crippen molar-refractivity contribution < 1.29 is 4.79 Å². The molecule has 0 bridgehead atoms. The van der Waals surface area contributed by atoms with Gasteiger partial charge in [0.2, 0.25) is 0 Å². The Hall–Kier alpha value is -1.42. The molecule has 1 aliphatic rings. The van der Waals surface area contributed by atoms with Gasteiger partial charge in [0.15, 0.2) is 5.11 Å². The van der Waals surface area contributed by atoms with Gasteiger partial charge in [-0.15, -0.1) is 0 Å². The summed E-state index contributed by atoms with van der Waals surface area (Å²) in [7, 11) is 0. The summed E-state index contributed by atoms with van der Waals surface area (Å²) >= 11 is 5.41. The van der Waals surface area contributed by atoms with Crippen LogP contribution in [0.2, 0.25) is 0 Å². The van der Waals surface area contributed by atoms with Gasteiger partial charge in [0, 0.05) is 25.6 Å². The Morgan fingerprint density at radius 2 is 1.95 bits per heavy atom. The molecule has 0 amide bonds. The van der Waals surface area contributed by atoms with Gasteiger partial charge in [-0.3, -0.25) is 4.79 Å². The monoisotopic (exact) mass is 276 g/mol. The zero-order valence-corrected chi connectivity index (χ0v) is 12.1. The van der Waals surface area contributed by atoms with Crippen LogP contribution in [0.1, 0.15) is 25.3 Å². The minimum absolute atomic E-state index is 0.230. The molecule has 1 aromatic rings. The van der Waals surface area contributed by atoms with Crippen molar-refractivity contribution in [1.82, 2.24) is 10.2 Å². The molecule has 102 valence electrons. The molecule has 2 rings (SSSR count). The number of nitrogens with one attached hydrogen (secondary N) is 1. The van der Waals surface area contributed by atoms with E-state index in [9.17, 15) is 4.79 Å². The summed E-state index contributed by atoms with van der Waals surface area (Å²) in [6.45, 7) is 4.20. The highest BCUT2D eigenvalue weighted by atomic mass is 32.1. The molecule has 3 nitrogen and oxygen atoms in total. The fourth-order valence-electron chi connectivity index (χ4n) is 2.37. The van der Waals surface area contributed by atoms with Crippen molar-refractivity contribution in [3.63, 3.8) is 0 Å². The first-order valence-corrected chi connectivity index (χ1v) is 7.15. The van der Waals surface area contributed by atoms with E-state index in [0.29, 0.717) is 5.78 Å². The highest BCUT2D eigenvalue weighted by Gasteiger charge is 2.23. The smallest absolute Gasteiger partial charge is 0.169 e. The van der Waals surface area contributed by atoms with Crippen LogP contribution in [0.3, 0.4) is 0 Å². The van der Waals surface area contributed by atoms with Crippen molar-refractivity contribution in [2.45, 2.75) is 26.3 Å². The van der Waals surface area contributed by atoms with Crippen molar-refractivity contribution in [1.29, 1.82) is 0 Å². The van der Waals surface area contributed by atoms with E-state index < -0.39 is 0 Å². The molecule has 0 atom stereocenters. The summed E-state index contributed by atoms with van der Waals surface area (Å²) in [5, 5.41) is 4.08. The summed E-state index contributed by atoms with van der Waals surface area (Å²) in [6, 6.07) is 10.2. The topological polar surface area (TPSA) is 32.3 Å². The number of piperidine rings is 1. The molecule has 0 radical (unpaired) electrons. The van der Waals surface area contributed by atoms with Crippen molar-refractivity contribution in [3.05, 3.63) is 35.9 Å². The first-order valence-electron chi connectivity index (χ1n) is 6.74. The second-order valence-corrected chi connectivity index (χ2v) is 5.40. The van der Waals surface area contributed by atoms with Gasteiger partial charge in [-0.1, -0.05) is 30.3 Å². The standard InChI is InChI=1S/C15H20N2OS/c1-12(18)14-7-9-17(10-8-14)15(19)16-11-13-5-3-2-4-6-13/h2-6,14H,7-11H2,1H3,(H,16,19). The van der Waals surface area contributed by atoms with Gasteiger partial charge in [-0.2, -0.15) is 0 Å². The van der Waals surface area contributed by atoms with Gasteiger partial charge in [0.05, 0.1) is 0 Å². The number of ketones is 1. The van der Waals surface area contributed by atoms with Gasteiger partial charge >= 0.3 is 0 Å². The average Bonchev–Trinajstić information content (AvgIpc) is 2.46. The fraction of sp³-hybridized carbons (Fsp3) is 0.467. The van der Waals surface area contributed by atoms with Gasteiger partial charge in [0.25, 0.3) is 0 Å². The van der Waals surface area contributed by atoms with Crippen molar-refractivity contribution in [2.24, 2.45) is 5.92 Å². The largest absolute Gasteiger partial charge is 0.358 e. The highest BCUT2D eigenvalue weighted by molar-refractivity contribution is 7.80. The summed E-state index contributed by atoms with van der Waals surface area (Å²) in [4.78, 5) is 13.5. The number of benzene rings is 1. The van der Waals surface area contributed by atoms with Gasteiger partial charge in [-0.05, 0) is 37.5 Å². The Morgan fingerprint density at radius 1 is 1.32 bits per heavy atom. The van der Waals surface area contributed by atoms with Crippen LogP contribution in [0.5, 0.6) is 0 Å². The highest BCUT2D eigenvalue weighted by Crippen LogP contribution is 2.18. The van der Waals surface area contributed by atoms with Crippen LogP contribution in [-0.2, 0) is 11.3 Å². The maximum absolute atomic E-state index is 11.3.